The van der Waals surface area contributed by atoms with E-state index in [-0.39, 0.29) is 5.91 Å². The number of hydrogen-bond acceptors (Lipinski definition) is 3. The Morgan fingerprint density at radius 1 is 1.15 bits per heavy atom. The van der Waals surface area contributed by atoms with Gasteiger partial charge >= 0.3 is 5.97 Å². The molecule has 5 nitrogen and oxygen atoms in total. The number of carbonyl (C=O) groups is 2. The van der Waals surface area contributed by atoms with Crippen molar-refractivity contribution in [3.05, 3.63) is 42.0 Å². The topological polar surface area (TPSA) is 90.2 Å². The van der Waals surface area contributed by atoms with Gasteiger partial charge in [0.15, 0.2) is 0 Å². The number of nitriles is 1. The molecule has 1 aromatic carbocycles. The molecule has 102 valence electrons. The van der Waals surface area contributed by atoms with Crippen LogP contribution in [-0.2, 0) is 9.59 Å². The summed E-state index contributed by atoms with van der Waals surface area (Å²) < 4.78 is 0. The number of benzene rings is 1. The third-order valence-electron chi connectivity index (χ3n) is 3.37. The van der Waals surface area contributed by atoms with Crippen LogP contribution in [0, 0.1) is 23.2 Å². The predicted octanol–water partition coefficient (Wildman–Crippen LogP) is 2.16. The highest BCUT2D eigenvalue weighted by atomic mass is 16.4. The van der Waals surface area contributed by atoms with Crippen LogP contribution in [0.4, 0.5) is 5.69 Å². The van der Waals surface area contributed by atoms with Gasteiger partial charge in [-0.2, -0.15) is 5.26 Å². The molecule has 0 unspecified atom stereocenters. The van der Waals surface area contributed by atoms with Crippen molar-refractivity contribution >= 4 is 17.6 Å². The first kappa shape index (κ1) is 13.8. The molecule has 0 radical (unpaired) electrons. The van der Waals surface area contributed by atoms with Crippen molar-refractivity contribution in [1.29, 1.82) is 5.26 Å². The van der Waals surface area contributed by atoms with Crippen molar-refractivity contribution in [3.8, 4) is 6.07 Å². The molecule has 0 heterocycles. The van der Waals surface area contributed by atoms with Gasteiger partial charge in [0.25, 0.3) is 0 Å². The summed E-state index contributed by atoms with van der Waals surface area (Å²) in [7, 11) is 0. The van der Waals surface area contributed by atoms with Crippen LogP contribution < -0.4 is 5.32 Å². The summed E-state index contributed by atoms with van der Waals surface area (Å²) in [6.45, 7) is 0. The van der Waals surface area contributed by atoms with Gasteiger partial charge < -0.3 is 10.4 Å². The number of hydrogen-bond donors (Lipinski definition) is 2. The monoisotopic (exact) mass is 270 g/mol. The van der Waals surface area contributed by atoms with E-state index in [1.54, 1.807) is 30.3 Å². The lowest BCUT2D eigenvalue weighted by Crippen LogP contribution is -2.34. The van der Waals surface area contributed by atoms with Crippen LogP contribution >= 0.6 is 0 Å². The summed E-state index contributed by atoms with van der Waals surface area (Å²) in [5.74, 6) is -2.49. The maximum Gasteiger partial charge on any atom is 0.307 e. The average Bonchev–Trinajstić information content (AvgIpc) is 2.48. The summed E-state index contributed by atoms with van der Waals surface area (Å²) in [6, 6.07) is 8.46. The summed E-state index contributed by atoms with van der Waals surface area (Å²) in [6.07, 6.45) is 4.44. The Hall–Kier alpha value is -2.61. The molecule has 5 heteroatoms. The number of carbonyl (C=O) groups excluding carboxylic acids is 1. The standard InChI is InChI=1S/C15H14N2O3/c16-9-10-5-7-11(8-6-10)17-14(18)12-3-1-2-4-13(12)15(19)20/h1-2,5-8,12-13H,3-4H2,(H,17,18)(H,19,20)/t12-,13+/m1/s1. The van der Waals surface area contributed by atoms with Gasteiger partial charge in [0.05, 0.1) is 23.5 Å². The summed E-state index contributed by atoms with van der Waals surface area (Å²) in [4.78, 5) is 23.3. The lowest BCUT2D eigenvalue weighted by atomic mass is 9.82. The van der Waals surface area contributed by atoms with Crippen LogP contribution in [0.15, 0.2) is 36.4 Å². The zero-order chi connectivity index (χ0) is 14.5. The second-order valence-corrected chi connectivity index (χ2v) is 4.67. The largest absolute Gasteiger partial charge is 0.481 e. The number of nitrogens with zero attached hydrogens (tertiary/aromatic N) is 1. The van der Waals surface area contributed by atoms with Crippen LogP contribution in [0.25, 0.3) is 0 Å². The van der Waals surface area contributed by atoms with Gasteiger partial charge in [-0.3, -0.25) is 9.59 Å². The molecule has 2 rings (SSSR count). The van der Waals surface area contributed by atoms with Crippen LogP contribution in [0.2, 0.25) is 0 Å². The Morgan fingerprint density at radius 3 is 2.30 bits per heavy atom. The van der Waals surface area contributed by atoms with Crippen molar-refractivity contribution < 1.29 is 14.7 Å². The van der Waals surface area contributed by atoms with E-state index in [0.29, 0.717) is 24.1 Å². The summed E-state index contributed by atoms with van der Waals surface area (Å²) in [5.41, 5.74) is 1.07. The number of anilines is 1. The van der Waals surface area contributed by atoms with Gasteiger partial charge in [-0.05, 0) is 37.1 Å². The number of allylic oxidation sites excluding steroid dienone is 2. The molecular formula is C15H14N2O3. The third-order valence-corrected chi connectivity index (χ3v) is 3.37. The molecule has 0 spiro atoms. The quantitative estimate of drug-likeness (QED) is 0.823. The Labute approximate surface area is 116 Å². The Kier molecular flexibility index (Phi) is 4.16. The van der Waals surface area contributed by atoms with E-state index in [0.717, 1.165) is 0 Å². The zero-order valence-electron chi connectivity index (χ0n) is 10.7. The molecule has 2 N–H and O–H groups in total. The fourth-order valence-corrected chi connectivity index (χ4v) is 2.24. The SMILES string of the molecule is N#Cc1ccc(NC(=O)[C@@H]2CC=CC[C@@H]2C(=O)O)cc1. The Bertz CT molecular complexity index is 584. The van der Waals surface area contributed by atoms with Gasteiger partial charge in [-0.1, -0.05) is 12.2 Å². The van der Waals surface area contributed by atoms with Crippen molar-refractivity contribution in [1.82, 2.24) is 0 Å². The van der Waals surface area contributed by atoms with Gasteiger partial charge in [0.1, 0.15) is 0 Å². The number of amides is 1. The molecule has 0 saturated carbocycles. The molecule has 0 aliphatic heterocycles. The number of aliphatic carboxylic acids is 1. The summed E-state index contributed by atoms with van der Waals surface area (Å²) >= 11 is 0. The predicted molar refractivity (Wildman–Crippen MR) is 72.8 cm³/mol. The first-order valence-electron chi connectivity index (χ1n) is 6.30. The lowest BCUT2D eigenvalue weighted by Gasteiger charge is -2.24. The van der Waals surface area contributed by atoms with E-state index in [4.69, 9.17) is 10.4 Å². The molecule has 1 aromatic rings. The van der Waals surface area contributed by atoms with Crippen molar-refractivity contribution in [3.63, 3.8) is 0 Å². The van der Waals surface area contributed by atoms with Crippen LogP contribution in [0.3, 0.4) is 0 Å². The first-order chi connectivity index (χ1) is 9.61. The van der Waals surface area contributed by atoms with Crippen LogP contribution in [0.1, 0.15) is 18.4 Å². The molecule has 2 atom stereocenters. The molecule has 1 aliphatic rings. The fraction of sp³-hybridized carbons (Fsp3) is 0.267. The maximum atomic E-state index is 12.2. The highest BCUT2D eigenvalue weighted by Gasteiger charge is 2.33. The smallest absolute Gasteiger partial charge is 0.307 e. The second-order valence-electron chi connectivity index (χ2n) is 4.67. The highest BCUT2D eigenvalue weighted by Crippen LogP contribution is 2.27. The number of nitrogens with one attached hydrogen (secondary N) is 1. The molecule has 0 bridgehead atoms. The number of carboxylic acids is 1. The minimum absolute atomic E-state index is 0.300. The Balaban J connectivity index is 2.08. The first-order valence-corrected chi connectivity index (χ1v) is 6.30. The molecule has 1 aliphatic carbocycles. The van der Waals surface area contributed by atoms with Crippen molar-refractivity contribution in [2.75, 3.05) is 5.32 Å². The lowest BCUT2D eigenvalue weighted by molar-refractivity contribution is -0.146. The van der Waals surface area contributed by atoms with Gasteiger partial charge in [0.2, 0.25) is 5.91 Å². The average molecular weight is 270 g/mol. The third kappa shape index (κ3) is 3.04. The van der Waals surface area contributed by atoms with E-state index in [1.165, 1.54) is 0 Å². The van der Waals surface area contributed by atoms with Gasteiger partial charge in [-0.25, -0.2) is 0 Å². The van der Waals surface area contributed by atoms with Gasteiger partial charge in [-0.15, -0.1) is 0 Å². The zero-order valence-corrected chi connectivity index (χ0v) is 10.7. The molecule has 1 amide bonds. The highest BCUT2D eigenvalue weighted by molar-refractivity contribution is 5.95. The molecule has 0 aromatic heterocycles. The number of carboxylic acid groups (broad SMARTS) is 1. The minimum atomic E-state index is -0.950. The maximum absolute atomic E-state index is 12.2. The van der Waals surface area contributed by atoms with Crippen molar-refractivity contribution in [2.24, 2.45) is 11.8 Å². The molecular weight excluding hydrogens is 256 g/mol. The summed E-state index contributed by atoms with van der Waals surface area (Å²) in [5, 5.41) is 20.5. The van der Waals surface area contributed by atoms with E-state index < -0.39 is 17.8 Å². The second kappa shape index (κ2) is 6.02. The molecule has 20 heavy (non-hydrogen) atoms. The molecule has 0 fully saturated rings. The van der Waals surface area contributed by atoms with Crippen LogP contribution in [0.5, 0.6) is 0 Å². The van der Waals surface area contributed by atoms with Gasteiger partial charge in [0, 0.05) is 5.69 Å². The van der Waals surface area contributed by atoms with E-state index in [9.17, 15) is 9.59 Å². The number of rotatable bonds is 3. The molecule has 0 saturated heterocycles. The normalized spacial score (nSPS) is 20.9. The Morgan fingerprint density at radius 2 is 1.75 bits per heavy atom. The van der Waals surface area contributed by atoms with E-state index in [1.807, 2.05) is 12.1 Å². The van der Waals surface area contributed by atoms with E-state index in [2.05, 4.69) is 5.32 Å². The van der Waals surface area contributed by atoms with Crippen molar-refractivity contribution in [2.45, 2.75) is 12.8 Å². The fourth-order valence-electron chi connectivity index (χ4n) is 2.24. The van der Waals surface area contributed by atoms with Crippen LogP contribution in [-0.4, -0.2) is 17.0 Å². The minimum Gasteiger partial charge on any atom is -0.481 e. The van der Waals surface area contributed by atoms with E-state index >= 15 is 0 Å².